The van der Waals surface area contributed by atoms with Crippen LogP contribution < -0.4 is 10.2 Å². The van der Waals surface area contributed by atoms with E-state index in [1.54, 1.807) is 6.07 Å². The van der Waals surface area contributed by atoms with E-state index in [0.29, 0.717) is 13.3 Å². The molecule has 10 heteroatoms. The first-order valence-electron chi connectivity index (χ1n) is 6.59. The fourth-order valence-electron chi connectivity index (χ4n) is 2.12. The molecule has 0 bridgehead atoms. The Morgan fingerprint density at radius 3 is 2.52 bits per heavy atom. The second-order valence-corrected chi connectivity index (χ2v) is 7.50. The summed E-state index contributed by atoms with van der Waals surface area (Å²) >= 11 is 17.1. The number of furan rings is 1. The third kappa shape index (κ3) is 3.62. The SMILES string of the molecule is O=C1NC(=O)N(c2ccc(Cl)cc2Cl)C(=O)/C1=C/c1cc(Br)c(I)o1. The third-order valence-electron chi connectivity index (χ3n) is 3.20. The minimum Gasteiger partial charge on any atom is -0.450 e. The maximum Gasteiger partial charge on any atom is 0.335 e. The van der Waals surface area contributed by atoms with E-state index in [9.17, 15) is 14.4 Å². The zero-order valence-corrected chi connectivity index (χ0v) is 17.2. The number of hydrogen-bond donors (Lipinski definition) is 1. The molecule has 0 atom stereocenters. The smallest absolute Gasteiger partial charge is 0.335 e. The van der Waals surface area contributed by atoms with Gasteiger partial charge in [0.15, 0.2) is 3.77 Å². The molecular weight excluding hydrogens is 550 g/mol. The van der Waals surface area contributed by atoms with Crippen LogP contribution in [-0.2, 0) is 9.59 Å². The summed E-state index contributed by atoms with van der Waals surface area (Å²) in [4.78, 5) is 37.7. The van der Waals surface area contributed by atoms with Crippen LogP contribution in [0.15, 0.2) is 38.7 Å². The Morgan fingerprint density at radius 1 is 1.20 bits per heavy atom. The van der Waals surface area contributed by atoms with Gasteiger partial charge in [0.05, 0.1) is 15.2 Å². The van der Waals surface area contributed by atoms with Gasteiger partial charge >= 0.3 is 6.03 Å². The molecule has 1 N–H and O–H groups in total. The Kier molecular flexibility index (Phi) is 5.24. The number of halogens is 4. The van der Waals surface area contributed by atoms with Gasteiger partial charge in [-0.3, -0.25) is 14.9 Å². The van der Waals surface area contributed by atoms with Gasteiger partial charge in [0.25, 0.3) is 11.8 Å². The Labute approximate surface area is 173 Å². The number of carbonyl (C=O) groups excluding carboxylic acids is 3. The van der Waals surface area contributed by atoms with Gasteiger partial charge in [-0.15, -0.1) is 0 Å². The Bertz CT molecular complexity index is 938. The number of urea groups is 1. The molecule has 0 aliphatic carbocycles. The van der Waals surface area contributed by atoms with E-state index < -0.39 is 17.8 Å². The molecule has 6 nitrogen and oxygen atoms in total. The van der Waals surface area contributed by atoms with Crippen LogP contribution in [0, 0.1) is 3.77 Å². The summed E-state index contributed by atoms with van der Waals surface area (Å²) < 4.78 is 6.64. The molecule has 2 heterocycles. The predicted molar refractivity (Wildman–Crippen MR) is 105 cm³/mol. The largest absolute Gasteiger partial charge is 0.450 e. The number of nitrogens with one attached hydrogen (secondary N) is 1. The van der Waals surface area contributed by atoms with Crippen LogP contribution in [-0.4, -0.2) is 17.8 Å². The lowest BCUT2D eigenvalue weighted by Gasteiger charge is -2.26. The molecule has 128 valence electrons. The quantitative estimate of drug-likeness (QED) is 0.333. The summed E-state index contributed by atoms with van der Waals surface area (Å²) in [5.41, 5.74) is -0.148. The maximum absolute atomic E-state index is 12.7. The van der Waals surface area contributed by atoms with Crippen LogP contribution in [0.2, 0.25) is 10.0 Å². The fraction of sp³-hybridized carbons (Fsp3) is 0. The highest BCUT2D eigenvalue weighted by molar-refractivity contribution is 14.1. The topological polar surface area (TPSA) is 79.6 Å². The van der Waals surface area contributed by atoms with Crippen molar-refractivity contribution in [2.75, 3.05) is 4.90 Å². The van der Waals surface area contributed by atoms with Crippen molar-refractivity contribution < 1.29 is 18.8 Å². The van der Waals surface area contributed by atoms with Crippen LogP contribution in [0.4, 0.5) is 10.5 Å². The van der Waals surface area contributed by atoms with E-state index in [0.717, 1.165) is 4.90 Å². The first-order valence-corrected chi connectivity index (χ1v) is 9.22. The van der Waals surface area contributed by atoms with Gasteiger partial charge < -0.3 is 4.42 Å². The molecule has 1 saturated heterocycles. The molecule has 1 aromatic carbocycles. The summed E-state index contributed by atoms with van der Waals surface area (Å²) in [5, 5.41) is 2.55. The van der Waals surface area contributed by atoms with Crippen LogP contribution in [0.3, 0.4) is 0 Å². The van der Waals surface area contributed by atoms with Crippen molar-refractivity contribution in [3.8, 4) is 0 Å². The molecule has 1 aromatic heterocycles. The number of anilines is 1. The zero-order valence-electron chi connectivity index (χ0n) is 12.0. The molecule has 2 aromatic rings. The molecule has 1 aliphatic rings. The van der Waals surface area contributed by atoms with Gasteiger partial charge in [-0.25, -0.2) is 9.69 Å². The summed E-state index contributed by atoms with van der Waals surface area (Å²) in [6.07, 6.45) is 1.26. The Hall–Kier alpha value is -1.36. The average Bonchev–Trinajstić information content (AvgIpc) is 2.84. The van der Waals surface area contributed by atoms with Crippen molar-refractivity contribution >= 4 is 91.3 Å². The molecule has 1 fully saturated rings. The molecule has 0 spiro atoms. The standard InChI is InChI=1S/C15H6BrCl2IN2O4/c16-9-5-7(25-12(9)19)4-8-13(22)20-15(24)21(14(8)23)11-2-1-6(17)3-10(11)18/h1-5H,(H,20,22,24)/b8-4+. The second-order valence-electron chi connectivity index (χ2n) is 4.82. The maximum atomic E-state index is 12.7. The van der Waals surface area contributed by atoms with Gasteiger partial charge in [0, 0.05) is 27.6 Å². The lowest BCUT2D eigenvalue weighted by atomic mass is 10.1. The predicted octanol–water partition coefficient (Wildman–Crippen LogP) is 4.62. The first-order chi connectivity index (χ1) is 11.8. The summed E-state index contributed by atoms with van der Waals surface area (Å²) in [6.45, 7) is 0. The van der Waals surface area contributed by atoms with Crippen molar-refractivity contribution in [3.63, 3.8) is 0 Å². The summed E-state index contributed by atoms with van der Waals surface area (Å²) in [6, 6.07) is 5.00. The Balaban J connectivity index is 2.05. The van der Waals surface area contributed by atoms with Gasteiger partial charge in [0.2, 0.25) is 0 Å². The third-order valence-corrected chi connectivity index (χ3v) is 5.87. The van der Waals surface area contributed by atoms with E-state index in [1.165, 1.54) is 24.3 Å². The minimum absolute atomic E-state index is 0.0972. The highest BCUT2D eigenvalue weighted by atomic mass is 127. The number of hydrogen-bond acceptors (Lipinski definition) is 4. The van der Waals surface area contributed by atoms with Crippen molar-refractivity contribution in [1.82, 2.24) is 5.32 Å². The van der Waals surface area contributed by atoms with Gasteiger partial charge in [0.1, 0.15) is 11.3 Å². The number of amides is 4. The zero-order chi connectivity index (χ0) is 18.3. The number of barbiturate groups is 1. The molecule has 4 amide bonds. The van der Waals surface area contributed by atoms with Crippen LogP contribution in [0.25, 0.3) is 6.08 Å². The van der Waals surface area contributed by atoms with Crippen molar-refractivity contribution in [3.05, 3.63) is 53.9 Å². The first kappa shape index (κ1) is 18.4. The van der Waals surface area contributed by atoms with E-state index in [1.807, 2.05) is 22.6 Å². The van der Waals surface area contributed by atoms with E-state index in [2.05, 4.69) is 21.2 Å². The molecule has 0 saturated carbocycles. The summed E-state index contributed by atoms with van der Waals surface area (Å²) in [7, 11) is 0. The second kappa shape index (κ2) is 7.10. The van der Waals surface area contributed by atoms with E-state index in [-0.39, 0.29) is 22.0 Å². The molecule has 0 radical (unpaired) electrons. The van der Waals surface area contributed by atoms with E-state index in [4.69, 9.17) is 27.6 Å². The number of imide groups is 2. The Morgan fingerprint density at radius 2 is 1.92 bits per heavy atom. The van der Waals surface area contributed by atoms with Crippen LogP contribution in [0.1, 0.15) is 5.76 Å². The highest BCUT2D eigenvalue weighted by Crippen LogP contribution is 2.32. The normalized spacial score (nSPS) is 16.6. The van der Waals surface area contributed by atoms with Gasteiger partial charge in [-0.05, 0) is 46.3 Å². The highest BCUT2D eigenvalue weighted by Gasteiger charge is 2.38. The van der Waals surface area contributed by atoms with Gasteiger partial charge in [-0.2, -0.15) is 0 Å². The molecular formula is C15H6BrCl2IN2O4. The molecule has 25 heavy (non-hydrogen) atoms. The molecule has 3 rings (SSSR count). The number of nitrogens with zero attached hydrogens (tertiary/aromatic N) is 1. The van der Waals surface area contributed by atoms with Crippen LogP contribution in [0.5, 0.6) is 0 Å². The van der Waals surface area contributed by atoms with Gasteiger partial charge in [-0.1, -0.05) is 23.2 Å². The minimum atomic E-state index is -0.897. The molecule has 1 aliphatic heterocycles. The molecule has 0 unspecified atom stereocenters. The van der Waals surface area contributed by atoms with E-state index >= 15 is 0 Å². The summed E-state index contributed by atoms with van der Waals surface area (Å²) in [5.74, 6) is -1.36. The van der Waals surface area contributed by atoms with Crippen molar-refractivity contribution in [2.45, 2.75) is 0 Å². The lowest BCUT2D eigenvalue weighted by Crippen LogP contribution is -2.54. The lowest BCUT2D eigenvalue weighted by molar-refractivity contribution is -0.122. The average molecular weight is 556 g/mol. The van der Waals surface area contributed by atoms with Crippen LogP contribution >= 0.6 is 61.7 Å². The van der Waals surface area contributed by atoms with Crippen molar-refractivity contribution in [2.24, 2.45) is 0 Å². The van der Waals surface area contributed by atoms with Crippen molar-refractivity contribution in [1.29, 1.82) is 0 Å². The number of rotatable bonds is 2. The fourth-order valence-corrected chi connectivity index (χ4v) is 3.33. The number of carbonyl (C=O) groups is 3. The monoisotopic (exact) mass is 554 g/mol. The number of benzene rings is 1.